The molecule has 0 saturated carbocycles. The van der Waals surface area contributed by atoms with E-state index in [4.69, 9.17) is 5.11 Å². The fourth-order valence-electron chi connectivity index (χ4n) is 1.79. The molecule has 5 nitrogen and oxygen atoms in total. The van der Waals surface area contributed by atoms with E-state index in [1.807, 2.05) is 6.92 Å². The van der Waals surface area contributed by atoms with E-state index in [1.165, 1.54) is 24.7 Å². The monoisotopic (exact) mass is 275 g/mol. The van der Waals surface area contributed by atoms with Gasteiger partial charge in [-0.3, -0.25) is 0 Å². The number of carbonyl (C=O) groups is 1. The Kier molecular flexibility index (Phi) is 4.37. The number of hydrogen-bond acceptors (Lipinski definition) is 4. The fourth-order valence-corrected chi connectivity index (χ4v) is 1.79. The highest BCUT2D eigenvalue weighted by atomic mass is 19.1. The molecule has 0 aliphatic carbocycles. The molecule has 1 atom stereocenters. The second-order valence-electron chi connectivity index (χ2n) is 4.34. The average Bonchev–Trinajstić information content (AvgIpc) is 2.45. The third kappa shape index (κ3) is 3.36. The van der Waals surface area contributed by atoms with Gasteiger partial charge in [0, 0.05) is 18.8 Å². The molecule has 1 aromatic carbocycles. The van der Waals surface area contributed by atoms with Gasteiger partial charge in [-0.1, -0.05) is 12.1 Å². The summed E-state index contributed by atoms with van der Waals surface area (Å²) in [6, 6.07) is 6.10. The molecule has 0 aliphatic rings. The molecule has 20 heavy (non-hydrogen) atoms. The lowest BCUT2D eigenvalue weighted by Crippen LogP contribution is -2.20. The molecule has 0 saturated heterocycles. The van der Waals surface area contributed by atoms with Gasteiger partial charge >= 0.3 is 5.97 Å². The van der Waals surface area contributed by atoms with Gasteiger partial charge in [0.15, 0.2) is 0 Å². The molecule has 6 heteroatoms. The molecule has 1 heterocycles. The predicted molar refractivity (Wildman–Crippen MR) is 70.6 cm³/mol. The summed E-state index contributed by atoms with van der Waals surface area (Å²) < 4.78 is 12.8. The maximum atomic E-state index is 12.8. The highest BCUT2D eigenvalue weighted by Gasteiger charge is 2.12. The zero-order chi connectivity index (χ0) is 14.5. The van der Waals surface area contributed by atoms with E-state index >= 15 is 0 Å². The zero-order valence-corrected chi connectivity index (χ0v) is 10.9. The smallest absolute Gasteiger partial charge is 0.339 e. The standard InChI is InChI=1S/C14H14FN3O2/c1-9(10-2-4-11(15)5-3-10)17-7-13-12(14(19)20)6-16-8-18-13/h2-6,8-9,17H,7H2,1H3,(H,19,20). The number of rotatable bonds is 5. The van der Waals surface area contributed by atoms with Crippen molar-refractivity contribution in [2.75, 3.05) is 0 Å². The topological polar surface area (TPSA) is 75.1 Å². The van der Waals surface area contributed by atoms with E-state index in [1.54, 1.807) is 12.1 Å². The highest BCUT2D eigenvalue weighted by molar-refractivity contribution is 5.88. The van der Waals surface area contributed by atoms with E-state index in [-0.39, 0.29) is 17.4 Å². The Bertz CT molecular complexity index is 602. The van der Waals surface area contributed by atoms with Gasteiger partial charge in [0.1, 0.15) is 17.7 Å². The van der Waals surface area contributed by atoms with Gasteiger partial charge in [-0.05, 0) is 24.6 Å². The Labute approximate surface area is 115 Å². The van der Waals surface area contributed by atoms with Crippen LogP contribution in [0.25, 0.3) is 0 Å². The summed E-state index contributed by atoms with van der Waals surface area (Å²) in [7, 11) is 0. The van der Waals surface area contributed by atoms with Crippen LogP contribution in [-0.2, 0) is 6.54 Å². The summed E-state index contributed by atoms with van der Waals surface area (Å²) in [5.74, 6) is -1.35. The number of benzene rings is 1. The van der Waals surface area contributed by atoms with Gasteiger partial charge in [0.25, 0.3) is 0 Å². The van der Waals surface area contributed by atoms with Crippen molar-refractivity contribution in [1.29, 1.82) is 0 Å². The van der Waals surface area contributed by atoms with Crippen LogP contribution < -0.4 is 5.32 Å². The molecular formula is C14H14FN3O2. The largest absolute Gasteiger partial charge is 0.478 e. The van der Waals surface area contributed by atoms with Crippen LogP contribution in [0.2, 0.25) is 0 Å². The normalized spacial score (nSPS) is 12.1. The van der Waals surface area contributed by atoms with E-state index in [0.717, 1.165) is 5.56 Å². The highest BCUT2D eigenvalue weighted by Crippen LogP contribution is 2.14. The van der Waals surface area contributed by atoms with Crippen LogP contribution in [-0.4, -0.2) is 21.0 Å². The number of hydrogen-bond donors (Lipinski definition) is 2. The van der Waals surface area contributed by atoms with Gasteiger partial charge < -0.3 is 10.4 Å². The van der Waals surface area contributed by atoms with Crippen LogP contribution in [0.5, 0.6) is 0 Å². The molecule has 0 amide bonds. The molecular weight excluding hydrogens is 261 g/mol. The number of nitrogens with one attached hydrogen (secondary N) is 1. The molecule has 0 spiro atoms. The molecule has 2 rings (SSSR count). The van der Waals surface area contributed by atoms with Crippen LogP contribution in [0.15, 0.2) is 36.8 Å². The Balaban J connectivity index is 2.05. The molecule has 1 unspecified atom stereocenters. The van der Waals surface area contributed by atoms with Crippen molar-refractivity contribution >= 4 is 5.97 Å². The molecule has 0 bridgehead atoms. The lowest BCUT2D eigenvalue weighted by atomic mass is 10.1. The number of aromatic nitrogens is 2. The predicted octanol–water partition coefficient (Wildman–Crippen LogP) is 2.16. The first-order chi connectivity index (χ1) is 9.58. The number of halogens is 1. The molecule has 104 valence electrons. The minimum Gasteiger partial charge on any atom is -0.478 e. The van der Waals surface area contributed by atoms with Crippen LogP contribution in [0.4, 0.5) is 4.39 Å². The lowest BCUT2D eigenvalue weighted by Gasteiger charge is -2.14. The van der Waals surface area contributed by atoms with E-state index in [9.17, 15) is 9.18 Å². The Morgan fingerprint density at radius 2 is 2.10 bits per heavy atom. The van der Waals surface area contributed by atoms with E-state index < -0.39 is 5.97 Å². The van der Waals surface area contributed by atoms with Crippen molar-refractivity contribution in [1.82, 2.24) is 15.3 Å². The minimum absolute atomic E-state index is 0.0489. The summed E-state index contributed by atoms with van der Waals surface area (Å²) in [4.78, 5) is 18.7. The van der Waals surface area contributed by atoms with Crippen LogP contribution in [0.1, 0.15) is 34.6 Å². The Morgan fingerprint density at radius 3 is 2.75 bits per heavy atom. The first-order valence-corrected chi connectivity index (χ1v) is 6.09. The number of carboxylic acid groups (broad SMARTS) is 1. The number of nitrogens with zero attached hydrogens (tertiary/aromatic N) is 2. The number of aromatic carboxylic acids is 1. The molecule has 1 aromatic heterocycles. The van der Waals surface area contributed by atoms with E-state index in [0.29, 0.717) is 12.2 Å². The van der Waals surface area contributed by atoms with Gasteiger partial charge in [0.05, 0.1) is 5.69 Å². The van der Waals surface area contributed by atoms with Crippen molar-refractivity contribution in [2.24, 2.45) is 0 Å². The first kappa shape index (κ1) is 14.1. The van der Waals surface area contributed by atoms with Crippen molar-refractivity contribution in [3.63, 3.8) is 0 Å². The first-order valence-electron chi connectivity index (χ1n) is 6.09. The third-order valence-corrected chi connectivity index (χ3v) is 2.97. The van der Waals surface area contributed by atoms with Crippen molar-refractivity contribution in [3.05, 3.63) is 59.4 Å². The minimum atomic E-state index is -1.06. The van der Waals surface area contributed by atoms with Gasteiger partial charge in [-0.2, -0.15) is 0 Å². The summed E-state index contributed by atoms with van der Waals surface area (Å²) in [5.41, 5.74) is 1.41. The Hall–Kier alpha value is -2.34. The Morgan fingerprint density at radius 1 is 1.40 bits per heavy atom. The maximum absolute atomic E-state index is 12.8. The summed E-state index contributed by atoms with van der Waals surface area (Å²) in [5, 5.41) is 12.2. The average molecular weight is 275 g/mol. The molecule has 2 N–H and O–H groups in total. The second-order valence-corrected chi connectivity index (χ2v) is 4.34. The van der Waals surface area contributed by atoms with Gasteiger partial charge in [0.2, 0.25) is 0 Å². The quantitative estimate of drug-likeness (QED) is 0.874. The van der Waals surface area contributed by atoms with Gasteiger partial charge in [-0.25, -0.2) is 19.2 Å². The SMILES string of the molecule is CC(NCc1ncncc1C(=O)O)c1ccc(F)cc1. The van der Waals surface area contributed by atoms with Gasteiger partial charge in [-0.15, -0.1) is 0 Å². The summed E-state index contributed by atoms with van der Waals surface area (Å²) in [6.45, 7) is 2.21. The van der Waals surface area contributed by atoms with Crippen molar-refractivity contribution in [2.45, 2.75) is 19.5 Å². The maximum Gasteiger partial charge on any atom is 0.339 e. The summed E-state index contributed by atoms with van der Waals surface area (Å²) in [6.07, 6.45) is 2.58. The van der Waals surface area contributed by atoms with Crippen LogP contribution in [0, 0.1) is 5.82 Å². The lowest BCUT2D eigenvalue weighted by molar-refractivity contribution is 0.0694. The fraction of sp³-hybridized carbons (Fsp3) is 0.214. The van der Waals surface area contributed by atoms with Crippen molar-refractivity contribution < 1.29 is 14.3 Å². The van der Waals surface area contributed by atoms with Crippen LogP contribution in [0.3, 0.4) is 0 Å². The summed E-state index contributed by atoms with van der Waals surface area (Å²) >= 11 is 0. The second kappa shape index (κ2) is 6.21. The zero-order valence-electron chi connectivity index (χ0n) is 10.9. The van der Waals surface area contributed by atoms with Crippen LogP contribution >= 0.6 is 0 Å². The molecule has 2 aromatic rings. The van der Waals surface area contributed by atoms with E-state index in [2.05, 4.69) is 15.3 Å². The molecule has 0 aliphatic heterocycles. The number of carboxylic acids is 1. The third-order valence-electron chi connectivity index (χ3n) is 2.97. The van der Waals surface area contributed by atoms with Crippen molar-refractivity contribution in [3.8, 4) is 0 Å². The molecule has 0 radical (unpaired) electrons. The molecule has 0 fully saturated rings.